The van der Waals surface area contributed by atoms with Gasteiger partial charge in [0.15, 0.2) is 0 Å². The summed E-state index contributed by atoms with van der Waals surface area (Å²) in [5.74, 6) is 0. The van der Waals surface area contributed by atoms with Crippen LogP contribution < -0.4 is 0 Å². The van der Waals surface area contributed by atoms with Crippen LogP contribution in [0.5, 0.6) is 0 Å². The van der Waals surface area contributed by atoms with Gasteiger partial charge in [-0.05, 0) is 13.8 Å². The van der Waals surface area contributed by atoms with Crippen molar-refractivity contribution < 1.29 is 13.9 Å². The number of hydrogen-bond donors (Lipinski definition) is 0. The molecule has 0 saturated carbocycles. The first-order valence-corrected chi connectivity index (χ1v) is 4.15. The Balaban J connectivity index is 0.000000217. The van der Waals surface area contributed by atoms with Gasteiger partial charge in [-0.3, -0.25) is 4.79 Å². The van der Waals surface area contributed by atoms with Gasteiger partial charge in [0.05, 0.1) is 6.61 Å². The molecule has 0 spiro atoms. The van der Waals surface area contributed by atoms with E-state index < -0.39 is 0 Å². The molecule has 68 valence electrons. The van der Waals surface area contributed by atoms with E-state index in [-0.39, 0.29) is 5.26 Å². The van der Waals surface area contributed by atoms with E-state index in [4.69, 9.17) is 0 Å². The highest BCUT2D eigenvalue weighted by atomic mass is 32.1. The second kappa shape index (κ2) is 6.72. The van der Waals surface area contributed by atoms with Crippen LogP contribution in [-0.4, -0.2) is 18.1 Å². The van der Waals surface area contributed by atoms with Crippen LogP contribution in [0.1, 0.15) is 11.8 Å². The van der Waals surface area contributed by atoms with E-state index in [1.807, 2.05) is 6.92 Å². The fraction of sp³-hybridized carbons (Fsp3) is 0.429. The number of nitrogens with zero attached hydrogens (tertiary/aromatic N) is 1. The van der Waals surface area contributed by atoms with Gasteiger partial charge in [0, 0.05) is 11.1 Å². The summed E-state index contributed by atoms with van der Waals surface area (Å²) in [6.07, 6.45) is 1.51. The molecule has 1 heterocycles. The molecule has 0 aliphatic rings. The number of hydrogen-bond acceptors (Lipinski definition) is 4. The third-order valence-corrected chi connectivity index (χ3v) is 1.53. The van der Waals surface area contributed by atoms with Crippen molar-refractivity contribution in [1.82, 2.24) is 4.98 Å². The third kappa shape index (κ3) is 5.79. The Labute approximate surface area is 74.2 Å². The molecule has 0 fully saturated rings. The molecule has 0 saturated heterocycles. The van der Waals surface area contributed by atoms with Crippen molar-refractivity contribution in [2.24, 2.45) is 0 Å². The minimum absolute atomic E-state index is 0.350. The quantitative estimate of drug-likeness (QED) is 0.669. The van der Waals surface area contributed by atoms with E-state index in [9.17, 15) is 9.18 Å². The molecule has 3 nitrogen and oxygen atoms in total. The van der Waals surface area contributed by atoms with Gasteiger partial charge in [-0.15, -0.1) is 0 Å². The zero-order chi connectivity index (χ0) is 9.40. The van der Waals surface area contributed by atoms with Crippen LogP contribution in [0.2, 0.25) is 0 Å². The monoisotopic (exact) mass is 191 g/mol. The Morgan fingerprint density at radius 2 is 2.50 bits per heavy atom. The highest BCUT2D eigenvalue weighted by Crippen LogP contribution is 2.07. The number of rotatable bonds is 2. The summed E-state index contributed by atoms with van der Waals surface area (Å²) in [5.41, 5.74) is 0. The summed E-state index contributed by atoms with van der Waals surface area (Å²) in [7, 11) is 0. The number of carbonyl (C=O) groups excluding carboxylic acids is 1. The van der Waals surface area contributed by atoms with Crippen LogP contribution in [0.3, 0.4) is 0 Å². The first kappa shape index (κ1) is 11.0. The molecule has 5 heteroatoms. The Hall–Kier alpha value is -0.970. The zero-order valence-corrected chi connectivity index (χ0v) is 7.73. The number of aryl methyl sites for hydroxylation is 1. The van der Waals surface area contributed by atoms with E-state index in [2.05, 4.69) is 9.72 Å². The van der Waals surface area contributed by atoms with Gasteiger partial charge in [0.1, 0.15) is 0 Å². The van der Waals surface area contributed by atoms with Crippen LogP contribution >= 0.6 is 11.3 Å². The van der Waals surface area contributed by atoms with Gasteiger partial charge in [-0.2, -0.15) is 4.39 Å². The number of ether oxygens (including phenoxy) is 1. The zero-order valence-electron chi connectivity index (χ0n) is 6.91. The molecule has 0 unspecified atom stereocenters. The maximum absolute atomic E-state index is 11.8. The molecule has 0 aromatic carbocycles. The largest absolute Gasteiger partial charge is 0.468 e. The van der Waals surface area contributed by atoms with Crippen molar-refractivity contribution in [3.63, 3.8) is 0 Å². The lowest BCUT2D eigenvalue weighted by atomic mass is 10.7. The average molecular weight is 191 g/mol. The standard InChI is InChI=1S/C4H4FNS.C3H6O2/c1-3-2-6-4(5)7-3;1-2-5-3-4/h2H,1H3;3H,2H2,1H3. The van der Waals surface area contributed by atoms with E-state index in [0.717, 1.165) is 16.2 Å². The van der Waals surface area contributed by atoms with Gasteiger partial charge >= 0.3 is 0 Å². The molecule has 0 aliphatic carbocycles. The lowest BCUT2D eigenvalue weighted by molar-refractivity contribution is -0.128. The molecule has 0 radical (unpaired) electrons. The predicted molar refractivity (Wildman–Crippen MR) is 44.5 cm³/mol. The van der Waals surface area contributed by atoms with E-state index >= 15 is 0 Å². The highest BCUT2D eigenvalue weighted by molar-refractivity contribution is 7.09. The molecule has 1 rings (SSSR count). The fourth-order valence-corrected chi connectivity index (χ4v) is 0.872. The molecule has 0 bridgehead atoms. The van der Waals surface area contributed by atoms with Crippen LogP contribution in [-0.2, 0) is 9.53 Å². The summed E-state index contributed by atoms with van der Waals surface area (Å²) >= 11 is 1.06. The van der Waals surface area contributed by atoms with Gasteiger partial charge in [-0.1, -0.05) is 11.3 Å². The van der Waals surface area contributed by atoms with Gasteiger partial charge in [0.25, 0.3) is 11.7 Å². The SMILES string of the molecule is CCOC=O.Cc1cnc(F)s1. The number of carbonyl (C=O) groups is 1. The number of thiazole rings is 1. The smallest absolute Gasteiger partial charge is 0.293 e. The number of halogens is 1. The highest BCUT2D eigenvalue weighted by Gasteiger charge is 1.90. The van der Waals surface area contributed by atoms with Crippen LogP contribution in [0, 0.1) is 12.2 Å². The molecular weight excluding hydrogens is 181 g/mol. The molecule has 0 amide bonds. The van der Waals surface area contributed by atoms with Gasteiger partial charge in [0.2, 0.25) is 0 Å². The molecule has 0 aliphatic heterocycles. The van der Waals surface area contributed by atoms with Crippen molar-refractivity contribution in [3.05, 3.63) is 16.3 Å². The summed E-state index contributed by atoms with van der Waals surface area (Å²) in [6.45, 7) is 4.48. The molecular formula is C7H10FNO2S. The lowest BCUT2D eigenvalue weighted by Gasteiger charge is -1.79. The predicted octanol–water partition coefficient (Wildman–Crippen LogP) is 1.77. The molecule has 1 aromatic rings. The van der Waals surface area contributed by atoms with Crippen LogP contribution in [0.25, 0.3) is 0 Å². The second-order valence-corrected chi connectivity index (χ2v) is 2.96. The maximum Gasteiger partial charge on any atom is 0.293 e. The van der Waals surface area contributed by atoms with Gasteiger partial charge in [-0.25, -0.2) is 4.98 Å². The van der Waals surface area contributed by atoms with Crippen molar-refractivity contribution in [2.45, 2.75) is 13.8 Å². The van der Waals surface area contributed by atoms with E-state index in [0.29, 0.717) is 13.1 Å². The van der Waals surface area contributed by atoms with Gasteiger partial charge < -0.3 is 4.74 Å². The van der Waals surface area contributed by atoms with Crippen LogP contribution in [0.15, 0.2) is 6.20 Å². The molecule has 0 N–H and O–H groups in total. The third-order valence-electron chi connectivity index (χ3n) is 0.828. The normalized spacial score (nSPS) is 8.25. The second-order valence-electron chi connectivity index (χ2n) is 1.78. The fourth-order valence-electron chi connectivity index (χ4n) is 0.395. The van der Waals surface area contributed by atoms with E-state index in [1.165, 1.54) is 6.20 Å². The minimum atomic E-state index is -0.350. The van der Waals surface area contributed by atoms with Crippen molar-refractivity contribution in [1.29, 1.82) is 0 Å². The topological polar surface area (TPSA) is 39.2 Å². The Bertz CT molecular complexity index is 210. The van der Waals surface area contributed by atoms with E-state index in [1.54, 1.807) is 6.92 Å². The summed E-state index contributed by atoms with van der Waals surface area (Å²) in [6, 6.07) is 0. The summed E-state index contributed by atoms with van der Waals surface area (Å²) in [4.78, 5) is 13.5. The Morgan fingerprint density at radius 3 is 2.58 bits per heavy atom. The summed E-state index contributed by atoms with van der Waals surface area (Å²) in [5, 5.41) is -0.350. The minimum Gasteiger partial charge on any atom is -0.468 e. The Morgan fingerprint density at radius 1 is 1.83 bits per heavy atom. The molecule has 1 aromatic heterocycles. The maximum atomic E-state index is 11.8. The first-order chi connectivity index (χ1) is 5.70. The Kier molecular flexibility index (Phi) is 6.18. The molecule has 12 heavy (non-hydrogen) atoms. The first-order valence-electron chi connectivity index (χ1n) is 3.33. The average Bonchev–Trinajstić information content (AvgIpc) is 2.38. The molecule has 0 atom stereocenters. The van der Waals surface area contributed by atoms with Crippen molar-refractivity contribution in [2.75, 3.05) is 6.61 Å². The summed E-state index contributed by atoms with van der Waals surface area (Å²) < 4.78 is 16.0. The number of aromatic nitrogens is 1. The van der Waals surface area contributed by atoms with Crippen LogP contribution in [0.4, 0.5) is 4.39 Å². The van der Waals surface area contributed by atoms with Crippen molar-refractivity contribution >= 4 is 17.8 Å². The lowest BCUT2D eigenvalue weighted by Crippen LogP contribution is -1.80. The van der Waals surface area contributed by atoms with Crippen molar-refractivity contribution in [3.8, 4) is 0 Å².